The molecule has 0 radical (unpaired) electrons. The van der Waals surface area contributed by atoms with Crippen LogP contribution in [0.5, 0.6) is 0 Å². The van der Waals surface area contributed by atoms with Crippen LogP contribution in [0, 0.1) is 18.3 Å². The number of nitriles is 1. The van der Waals surface area contributed by atoms with Crippen molar-refractivity contribution in [1.82, 2.24) is 9.97 Å². The van der Waals surface area contributed by atoms with E-state index < -0.39 is 0 Å². The first-order chi connectivity index (χ1) is 7.28. The predicted octanol–water partition coefficient (Wildman–Crippen LogP) is 2.87. The second-order valence-corrected chi connectivity index (χ2v) is 4.96. The van der Waals surface area contributed by atoms with Gasteiger partial charge in [0.1, 0.15) is 16.8 Å². The van der Waals surface area contributed by atoms with E-state index in [9.17, 15) is 0 Å². The Morgan fingerprint density at radius 3 is 2.93 bits per heavy atom. The van der Waals surface area contributed by atoms with E-state index in [1.165, 1.54) is 11.8 Å². The molecule has 5 heteroatoms. The number of nitrogens with zero attached hydrogens (tertiary/aromatic N) is 3. The average molecular weight is 233 g/mol. The Labute approximate surface area is 95.8 Å². The highest BCUT2D eigenvalue weighted by Gasteiger charge is 2.03. The molecule has 2 rings (SSSR count). The number of aryl methyl sites for hydroxylation is 1. The van der Waals surface area contributed by atoms with E-state index in [0.29, 0.717) is 5.69 Å². The monoisotopic (exact) mass is 233 g/mol. The molecule has 15 heavy (non-hydrogen) atoms. The second kappa shape index (κ2) is 4.43. The fourth-order valence-electron chi connectivity index (χ4n) is 1.00. The Balaban J connectivity index is 2.21. The van der Waals surface area contributed by atoms with Crippen molar-refractivity contribution < 1.29 is 0 Å². The van der Waals surface area contributed by atoms with E-state index in [1.807, 2.05) is 30.5 Å². The van der Waals surface area contributed by atoms with Crippen LogP contribution in [0.3, 0.4) is 0 Å². The smallest absolute Gasteiger partial charge is 0.156 e. The summed E-state index contributed by atoms with van der Waals surface area (Å²) in [5, 5.41) is 11.5. The van der Waals surface area contributed by atoms with Gasteiger partial charge in [0.05, 0.1) is 0 Å². The van der Waals surface area contributed by atoms with E-state index in [2.05, 4.69) is 9.97 Å². The zero-order chi connectivity index (χ0) is 10.7. The third-order valence-electron chi connectivity index (χ3n) is 1.63. The van der Waals surface area contributed by atoms with Crippen LogP contribution in [0.4, 0.5) is 0 Å². The van der Waals surface area contributed by atoms with Gasteiger partial charge < -0.3 is 0 Å². The first-order valence-electron chi connectivity index (χ1n) is 4.25. The Kier molecular flexibility index (Phi) is 2.99. The van der Waals surface area contributed by atoms with Crippen LogP contribution < -0.4 is 0 Å². The molecule has 2 aromatic rings. The van der Waals surface area contributed by atoms with Gasteiger partial charge in [-0.15, -0.1) is 11.3 Å². The summed E-state index contributed by atoms with van der Waals surface area (Å²) in [7, 11) is 0. The second-order valence-electron chi connectivity index (χ2n) is 2.83. The normalized spacial score (nSPS) is 9.87. The molecule has 0 aliphatic carbocycles. The lowest BCUT2D eigenvalue weighted by Gasteiger charge is -1.95. The van der Waals surface area contributed by atoms with E-state index in [1.54, 1.807) is 17.4 Å². The Morgan fingerprint density at radius 2 is 2.27 bits per heavy atom. The van der Waals surface area contributed by atoms with Crippen molar-refractivity contribution in [3.8, 4) is 6.07 Å². The molecule has 0 N–H and O–H groups in total. The fraction of sp³-hybridized carbons (Fsp3) is 0.100. The first kappa shape index (κ1) is 10.1. The molecule has 0 aliphatic rings. The van der Waals surface area contributed by atoms with Gasteiger partial charge in [-0.25, -0.2) is 9.97 Å². The van der Waals surface area contributed by atoms with Crippen molar-refractivity contribution in [2.75, 3.05) is 0 Å². The molecule has 74 valence electrons. The van der Waals surface area contributed by atoms with Crippen LogP contribution in [0.1, 0.15) is 11.4 Å². The zero-order valence-corrected chi connectivity index (χ0v) is 9.60. The maximum Gasteiger partial charge on any atom is 0.156 e. The Morgan fingerprint density at radius 1 is 1.40 bits per heavy atom. The summed E-state index contributed by atoms with van der Waals surface area (Å²) in [5.74, 6) is 0. The zero-order valence-electron chi connectivity index (χ0n) is 7.97. The minimum absolute atomic E-state index is 0.438. The van der Waals surface area contributed by atoms with Gasteiger partial charge in [-0.1, -0.05) is 6.07 Å². The van der Waals surface area contributed by atoms with Crippen molar-refractivity contribution >= 4 is 23.1 Å². The van der Waals surface area contributed by atoms with Crippen LogP contribution in [0.2, 0.25) is 0 Å². The molecule has 0 amide bonds. The molecular weight excluding hydrogens is 226 g/mol. The molecule has 0 spiro atoms. The maximum atomic E-state index is 8.70. The van der Waals surface area contributed by atoms with Crippen molar-refractivity contribution in [2.24, 2.45) is 0 Å². The van der Waals surface area contributed by atoms with Gasteiger partial charge in [0.2, 0.25) is 0 Å². The Bertz CT molecular complexity index is 513. The van der Waals surface area contributed by atoms with E-state index >= 15 is 0 Å². The highest BCUT2D eigenvalue weighted by molar-refractivity contribution is 8.01. The fourth-order valence-corrected chi connectivity index (χ4v) is 2.78. The molecule has 2 heterocycles. The maximum absolute atomic E-state index is 8.70. The largest absolute Gasteiger partial charge is 0.235 e. The van der Waals surface area contributed by atoms with Gasteiger partial charge in [0.15, 0.2) is 4.34 Å². The lowest BCUT2D eigenvalue weighted by Crippen LogP contribution is -1.84. The van der Waals surface area contributed by atoms with Crippen LogP contribution in [-0.4, -0.2) is 9.97 Å². The number of pyridine rings is 1. The van der Waals surface area contributed by atoms with Crippen molar-refractivity contribution in [3.63, 3.8) is 0 Å². The van der Waals surface area contributed by atoms with E-state index in [4.69, 9.17) is 5.26 Å². The van der Waals surface area contributed by atoms with Gasteiger partial charge >= 0.3 is 0 Å². The van der Waals surface area contributed by atoms with Crippen molar-refractivity contribution in [1.29, 1.82) is 5.26 Å². The summed E-state index contributed by atoms with van der Waals surface area (Å²) in [6.45, 7) is 1.96. The molecule has 0 aliphatic heterocycles. The van der Waals surface area contributed by atoms with Crippen molar-refractivity contribution in [2.45, 2.75) is 16.3 Å². The van der Waals surface area contributed by atoms with Crippen LogP contribution in [0.15, 0.2) is 32.9 Å². The summed E-state index contributed by atoms with van der Waals surface area (Å²) in [6.07, 6.45) is 0. The van der Waals surface area contributed by atoms with Gasteiger partial charge in [-0.2, -0.15) is 5.26 Å². The predicted molar refractivity (Wildman–Crippen MR) is 59.9 cm³/mol. The summed E-state index contributed by atoms with van der Waals surface area (Å²) in [6, 6.07) is 7.41. The SMILES string of the molecule is Cc1csc(Sc2cccc(C#N)n2)n1. The molecule has 3 nitrogen and oxygen atoms in total. The summed E-state index contributed by atoms with van der Waals surface area (Å²) in [5.41, 5.74) is 1.45. The quantitative estimate of drug-likeness (QED) is 0.800. The molecule has 2 aromatic heterocycles. The van der Waals surface area contributed by atoms with E-state index in [-0.39, 0.29) is 0 Å². The van der Waals surface area contributed by atoms with E-state index in [0.717, 1.165) is 15.1 Å². The van der Waals surface area contributed by atoms with Crippen LogP contribution in [-0.2, 0) is 0 Å². The number of rotatable bonds is 2. The third-order valence-corrected chi connectivity index (χ3v) is 3.62. The molecule has 0 bridgehead atoms. The Hall–Kier alpha value is -1.38. The van der Waals surface area contributed by atoms with Gasteiger partial charge in [-0.3, -0.25) is 0 Å². The minimum Gasteiger partial charge on any atom is -0.235 e. The highest BCUT2D eigenvalue weighted by Crippen LogP contribution is 2.28. The number of hydrogen-bond acceptors (Lipinski definition) is 5. The molecule has 0 saturated carbocycles. The van der Waals surface area contributed by atoms with Crippen molar-refractivity contribution in [3.05, 3.63) is 35.0 Å². The average Bonchev–Trinajstić information content (AvgIpc) is 2.64. The van der Waals surface area contributed by atoms with Crippen LogP contribution in [0.25, 0.3) is 0 Å². The molecule has 0 fully saturated rings. The number of aromatic nitrogens is 2. The molecule has 0 atom stereocenters. The first-order valence-corrected chi connectivity index (χ1v) is 5.94. The topological polar surface area (TPSA) is 49.6 Å². The summed E-state index contributed by atoms with van der Waals surface area (Å²) < 4.78 is 0.954. The minimum atomic E-state index is 0.438. The number of hydrogen-bond donors (Lipinski definition) is 0. The standard InChI is InChI=1S/C10H7N3S2/c1-7-6-14-10(12-7)15-9-4-2-3-8(5-11)13-9/h2-4,6H,1H3. The third kappa shape index (κ3) is 2.55. The molecule has 0 saturated heterocycles. The molecule has 0 aromatic carbocycles. The van der Waals surface area contributed by atoms with Gasteiger partial charge in [0, 0.05) is 11.1 Å². The molecule has 0 unspecified atom stereocenters. The summed E-state index contributed by atoms with van der Waals surface area (Å²) in [4.78, 5) is 8.48. The lowest BCUT2D eigenvalue weighted by molar-refractivity contribution is 1.09. The van der Waals surface area contributed by atoms with Gasteiger partial charge in [0.25, 0.3) is 0 Å². The summed E-state index contributed by atoms with van der Waals surface area (Å²) >= 11 is 3.07. The van der Waals surface area contributed by atoms with Crippen LogP contribution >= 0.6 is 23.1 Å². The molecular formula is C10H7N3S2. The number of thiazole rings is 1. The lowest BCUT2D eigenvalue weighted by atomic mass is 10.4. The van der Waals surface area contributed by atoms with Gasteiger partial charge in [-0.05, 0) is 30.8 Å². The highest BCUT2D eigenvalue weighted by atomic mass is 32.2.